The van der Waals surface area contributed by atoms with Crippen LogP contribution < -0.4 is 5.32 Å². The fourth-order valence-corrected chi connectivity index (χ4v) is 1.53. The van der Waals surface area contributed by atoms with Crippen LogP contribution in [0.15, 0.2) is 30.3 Å². The monoisotopic (exact) mass is 264 g/mol. The Balaban J connectivity index is 2.59. The van der Waals surface area contributed by atoms with Crippen molar-refractivity contribution < 1.29 is 14.3 Å². The van der Waals surface area contributed by atoms with Crippen molar-refractivity contribution in [1.82, 2.24) is 10.2 Å². The van der Waals surface area contributed by atoms with Crippen LogP contribution in [0.25, 0.3) is 0 Å². The maximum absolute atomic E-state index is 12.0. The van der Waals surface area contributed by atoms with Crippen molar-refractivity contribution in [3.63, 3.8) is 0 Å². The topological polar surface area (TPSA) is 58.6 Å². The molecule has 0 bridgehead atoms. The molecule has 0 spiro atoms. The van der Waals surface area contributed by atoms with Crippen LogP contribution in [-0.4, -0.2) is 36.5 Å². The van der Waals surface area contributed by atoms with Gasteiger partial charge in [0.15, 0.2) is 6.17 Å². The van der Waals surface area contributed by atoms with E-state index >= 15 is 0 Å². The SMILES string of the molecule is CCN(C)C(NC(C)=O)C(=O)OCc1ccccc1. The number of nitrogens with one attached hydrogen (secondary N) is 1. The Bertz CT molecular complexity index is 420. The van der Waals surface area contributed by atoms with Crippen LogP contribution in [0.2, 0.25) is 0 Å². The highest BCUT2D eigenvalue weighted by molar-refractivity contribution is 5.82. The van der Waals surface area contributed by atoms with Gasteiger partial charge in [-0.15, -0.1) is 0 Å². The Kier molecular flexibility index (Phi) is 6.02. The van der Waals surface area contributed by atoms with E-state index in [1.807, 2.05) is 37.3 Å². The van der Waals surface area contributed by atoms with E-state index < -0.39 is 12.1 Å². The van der Waals surface area contributed by atoms with Gasteiger partial charge in [-0.25, -0.2) is 4.79 Å². The molecule has 5 heteroatoms. The number of hydrogen-bond acceptors (Lipinski definition) is 4. The zero-order valence-electron chi connectivity index (χ0n) is 11.6. The van der Waals surface area contributed by atoms with Crippen LogP contribution in [0, 0.1) is 0 Å². The summed E-state index contributed by atoms with van der Waals surface area (Å²) < 4.78 is 5.22. The number of ether oxygens (including phenoxy) is 1. The van der Waals surface area contributed by atoms with Crippen molar-refractivity contribution in [2.75, 3.05) is 13.6 Å². The summed E-state index contributed by atoms with van der Waals surface area (Å²) in [6.45, 7) is 4.11. The number of carbonyl (C=O) groups is 2. The summed E-state index contributed by atoms with van der Waals surface area (Å²) in [6.07, 6.45) is -0.744. The Hall–Kier alpha value is -1.88. The standard InChI is InChI=1S/C14H20N2O3/c1-4-16(3)13(15-11(2)17)14(18)19-10-12-8-6-5-7-9-12/h5-9,13H,4,10H2,1-3H3,(H,15,17). The van der Waals surface area contributed by atoms with Gasteiger partial charge in [-0.2, -0.15) is 0 Å². The molecule has 0 fully saturated rings. The molecule has 1 N–H and O–H groups in total. The molecule has 5 nitrogen and oxygen atoms in total. The first kappa shape index (κ1) is 15.2. The molecule has 1 atom stereocenters. The molecule has 19 heavy (non-hydrogen) atoms. The fraction of sp³-hybridized carbons (Fsp3) is 0.429. The Morgan fingerprint density at radius 1 is 1.32 bits per heavy atom. The third-order valence-corrected chi connectivity index (χ3v) is 2.73. The fourth-order valence-electron chi connectivity index (χ4n) is 1.53. The molecular weight excluding hydrogens is 244 g/mol. The summed E-state index contributed by atoms with van der Waals surface area (Å²) in [5, 5.41) is 2.58. The maximum atomic E-state index is 12.0. The van der Waals surface area contributed by atoms with Crippen molar-refractivity contribution in [3.8, 4) is 0 Å². The van der Waals surface area contributed by atoms with Crippen LogP contribution in [0.4, 0.5) is 0 Å². The number of hydrogen-bond donors (Lipinski definition) is 1. The van der Waals surface area contributed by atoms with Crippen molar-refractivity contribution in [2.45, 2.75) is 26.6 Å². The normalized spacial score (nSPS) is 12.0. The number of amides is 1. The van der Waals surface area contributed by atoms with Gasteiger partial charge in [0.25, 0.3) is 0 Å². The number of benzene rings is 1. The molecule has 0 aromatic heterocycles. The van der Waals surface area contributed by atoms with E-state index in [1.54, 1.807) is 11.9 Å². The third-order valence-electron chi connectivity index (χ3n) is 2.73. The highest BCUT2D eigenvalue weighted by atomic mass is 16.5. The predicted octanol–water partition coefficient (Wildman–Crippen LogP) is 1.14. The van der Waals surface area contributed by atoms with Crippen molar-refractivity contribution in [1.29, 1.82) is 0 Å². The molecule has 0 saturated heterocycles. The van der Waals surface area contributed by atoms with Gasteiger partial charge in [0.05, 0.1) is 0 Å². The van der Waals surface area contributed by atoms with Crippen LogP contribution in [0.3, 0.4) is 0 Å². The molecule has 0 radical (unpaired) electrons. The molecule has 1 aromatic carbocycles. The number of nitrogens with zero attached hydrogens (tertiary/aromatic N) is 1. The summed E-state index contributed by atoms with van der Waals surface area (Å²) in [7, 11) is 1.75. The molecule has 0 aliphatic rings. The lowest BCUT2D eigenvalue weighted by molar-refractivity contribution is -0.154. The first-order valence-corrected chi connectivity index (χ1v) is 6.22. The van der Waals surface area contributed by atoms with E-state index in [2.05, 4.69) is 5.32 Å². The van der Waals surface area contributed by atoms with E-state index in [0.29, 0.717) is 6.54 Å². The Morgan fingerprint density at radius 3 is 2.47 bits per heavy atom. The highest BCUT2D eigenvalue weighted by Crippen LogP contribution is 2.03. The van der Waals surface area contributed by atoms with Crippen molar-refractivity contribution in [2.24, 2.45) is 0 Å². The number of likely N-dealkylation sites (N-methyl/N-ethyl adjacent to an activating group) is 1. The van der Waals surface area contributed by atoms with Gasteiger partial charge in [0.1, 0.15) is 6.61 Å². The summed E-state index contributed by atoms with van der Waals surface area (Å²) in [5.41, 5.74) is 0.913. The molecule has 0 aliphatic heterocycles. The van der Waals surface area contributed by atoms with Crippen LogP contribution in [0.1, 0.15) is 19.4 Å². The van der Waals surface area contributed by atoms with Gasteiger partial charge in [0, 0.05) is 6.92 Å². The van der Waals surface area contributed by atoms with E-state index in [1.165, 1.54) is 6.92 Å². The molecule has 0 heterocycles. The maximum Gasteiger partial charge on any atom is 0.344 e. The zero-order valence-corrected chi connectivity index (χ0v) is 11.6. The lowest BCUT2D eigenvalue weighted by atomic mass is 10.2. The third kappa shape index (κ3) is 5.09. The molecular formula is C14H20N2O3. The van der Waals surface area contributed by atoms with E-state index in [-0.39, 0.29) is 12.5 Å². The van der Waals surface area contributed by atoms with E-state index in [4.69, 9.17) is 4.74 Å². The second-order valence-electron chi connectivity index (χ2n) is 4.27. The van der Waals surface area contributed by atoms with Gasteiger partial charge in [-0.05, 0) is 19.2 Å². The van der Waals surface area contributed by atoms with E-state index in [0.717, 1.165) is 5.56 Å². The molecule has 1 aromatic rings. The van der Waals surface area contributed by atoms with E-state index in [9.17, 15) is 9.59 Å². The number of rotatable bonds is 6. The summed E-state index contributed by atoms with van der Waals surface area (Å²) in [5.74, 6) is -0.717. The Labute approximate surface area is 113 Å². The lowest BCUT2D eigenvalue weighted by Crippen LogP contribution is -2.51. The van der Waals surface area contributed by atoms with Crippen LogP contribution in [-0.2, 0) is 20.9 Å². The smallest absolute Gasteiger partial charge is 0.344 e. The molecule has 1 unspecified atom stereocenters. The minimum absolute atomic E-state index is 0.202. The first-order chi connectivity index (χ1) is 9.04. The molecule has 0 aliphatic carbocycles. The van der Waals surface area contributed by atoms with Crippen molar-refractivity contribution in [3.05, 3.63) is 35.9 Å². The summed E-state index contributed by atoms with van der Waals surface area (Å²) in [4.78, 5) is 24.8. The van der Waals surface area contributed by atoms with Crippen LogP contribution >= 0.6 is 0 Å². The van der Waals surface area contributed by atoms with Crippen molar-refractivity contribution >= 4 is 11.9 Å². The number of esters is 1. The second kappa shape index (κ2) is 7.53. The summed E-state index contributed by atoms with van der Waals surface area (Å²) >= 11 is 0. The molecule has 0 saturated carbocycles. The highest BCUT2D eigenvalue weighted by Gasteiger charge is 2.24. The van der Waals surface area contributed by atoms with Crippen LogP contribution in [0.5, 0.6) is 0 Å². The summed E-state index contributed by atoms with van der Waals surface area (Å²) in [6, 6.07) is 9.42. The first-order valence-electron chi connectivity index (χ1n) is 6.22. The van der Waals surface area contributed by atoms with Gasteiger partial charge in [-0.1, -0.05) is 37.3 Å². The lowest BCUT2D eigenvalue weighted by Gasteiger charge is -2.25. The molecule has 1 amide bonds. The van der Waals surface area contributed by atoms with Gasteiger partial charge < -0.3 is 10.1 Å². The van der Waals surface area contributed by atoms with Gasteiger partial charge >= 0.3 is 5.97 Å². The average Bonchev–Trinajstić information content (AvgIpc) is 2.42. The second-order valence-corrected chi connectivity index (χ2v) is 4.27. The zero-order chi connectivity index (χ0) is 14.3. The minimum Gasteiger partial charge on any atom is -0.458 e. The number of carbonyl (C=O) groups excluding carboxylic acids is 2. The van der Waals surface area contributed by atoms with Gasteiger partial charge in [-0.3, -0.25) is 9.69 Å². The molecule has 1 rings (SSSR count). The molecule has 104 valence electrons. The average molecular weight is 264 g/mol. The quantitative estimate of drug-likeness (QED) is 0.618. The Morgan fingerprint density at radius 2 is 1.95 bits per heavy atom. The predicted molar refractivity (Wildman–Crippen MR) is 72.1 cm³/mol. The van der Waals surface area contributed by atoms with Gasteiger partial charge in [0.2, 0.25) is 5.91 Å². The largest absolute Gasteiger partial charge is 0.458 e. The minimum atomic E-state index is -0.744.